The Hall–Kier alpha value is -4.00. The molecule has 5 atom stereocenters. The molecule has 0 saturated carbocycles. The zero-order chi connectivity index (χ0) is 33.8. The molecule has 1 aliphatic rings. The molecular weight excluding hydrogens is 592 g/mol. The minimum Gasteiger partial charge on any atom is -0.469 e. The number of esters is 6. The highest BCUT2D eigenvalue weighted by molar-refractivity contribution is 5.93. The molecule has 1 rings (SSSR count). The number of ether oxygens (including phenoxy) is 6. The molecule has 45 heavy (non-hydrogen) atoms. The van der Waals surface area contributed by atoms with E-state index in [1.165, 1.54) is 19.3 Å². The molecule has 1 fully saturated rings. The average molecular weight is 639 g/mol. The van der Waals surface area contributed by atoms with E-state index in [2.05, 4.69) is 44.1 Å². The number of cyclic esters (lactones) is 1. The molecule has 1 aliphatic heterocycles. The Morgan fingerprint density at radius 1 is 0.867 bits per heavy atom. The molecule has 0 aromatic carbocycles. The van der Waals surface area contributed by atoms with Gasteiger partial charge in [0.25, 0.3) is 0 Å². The molecule has 252 valence electrons. The third-order valence-corrected chi connectivity index (χ3v) is 7.16. The average Bonchev–Trinajstić information content (AvgIpc) is 3.42. The molecule has 13 nitrogen and oxygen atoms in total. The number of methoxy groups -OCH3 is 4. The van der Waals surface area contributed by atoms with Gasteiger partial charge in [0.2, 0.25) is 6.10 Å². The fourth-order valence-electron chi connectivity index (χ4n) is 4.63. The van der Waals surface area contributed by atoms with Crippen LogP contribution in [0, 0.1) is 11.8 Å². The van der Waals surface area contributed by atoms with Crippen molar-refractivity contribution < 1.29 is 62.3 Å². The van der Waals surface area contributed by atoms with Crippen LogP contribution in [-0.4, -0.2) is 87.2 Å². The first-order valence-electron chi connectivity index (χ1n) is 14.9. The topological polar surface area (TPSA) is 178 Å². The molecule has 13 heteroatoms. The summed E-state index contributed by atoms with van der Waals surface area (Å²) < 4.78 is 28.9. The van der Waals surface area contributed by atoms with Crippen LogP contribution in [-0.2, 0) is 57.2 Å². The normalized spacial score (nSPS) is 19.1. The van der Waals surface area contributed by atoms with Crippen LogP contribution >= 0.6 is 0 Å². The van der Waals surface area contributed by atoms with Crippen molar-refractivity contribution in [1.82, 2.24) is 0 Å². The van der Waals surface area contributed by atoms with Crippen LogP contribution in [0.4, 0.5) is 0 Å². The molecule has 0 aromatic rings. The van der Waals surface area contributed by atoms with Crippen molar-refractivity contribution in [3.05, 3.63) is 36.5 Å². The zero-order valence-electron chi connectivity index (χ0n) is 26.7. The number of unbranched alkanes of at least 4 members (excludes halogenated alkanes) is 4. The quantitative estimate of drug-likeness (QED) is 0.0891. The largest absolute Gasteiger partial charge is 0.469 e. The van der Waals surface area contributed by atoms with E-state index in [4.69, 9.17) is 9.47 Å². The predicted molar refractivity (Wildman–Crippen MR) is 159 cm³/mol. The SMILES string of the molecule is CCCCC/C=C\C/C=C\CC/C=C/[C@H]1C[C@H]([C@](O)(CC(=O)O[C@@H](C(=O)OC)[C@H](CC(=O)OC)C(=O)OC)C(=O)OC)C(=O)O1. The molecule has 0 bridgehead atoms. The molecule has 0 spiro atoms. The second-order valence-corrected chi connectivity index (χ2v) is 10.4. The molecule has 1 heterocycles. The lowest BCUT2D eigenvalue weighted by Crippen LogP contribution is -2.51. The van der Waals surface area contributed by atoms with Crippen LogP contribution in [0.25, 0.3) is 0 Å². The Balaban J connectivity index is 2.91. The second-order valence-electron chi connectivity index (χ2n) is 10.4. The number of aliphatic hydroxyl groups is 1. The third-order valence-electron chi connectivity index (χ3n) is 7.16. The van der Waals surface area contributed by atoms with Crippen molar-refractivity contribution in [2.75, 3.05) is 28.4 Å². The van der Waals surface area contributed by atoms with Gasteiger partial charge in [0.1, 0.15) is 17.9 Å². The van der Waals surface area contributed by atoms with Crippen molar-refractivity contribution in [2.24, 2.45) is 11.8 Å². The van der Waals surface area contributed by atoms with Crippen molar-refractivity contribution in [3.63, 3.8) is 0 Å². The predicted octanol–water partition coefficient (Wildman–Crippen LogP) is 3.07. The van der Waals surface area contributed by atoms with Gasteiger partial charge in [-0.1, -0.05) is 50.1 Å². The Morgan fingerprint density at radius 2 is 1.51 bits per heavy atom. The molecule has 0 aromatic heterocycles. The molecule has 1 N–H and O–H groups in total. The fourth-order valence-corrected chi connectivity index (χ4v) is 4.63. The van der Waals surface area contributed by atoms with E-state index in [1.54, 1.807) is 6.08 Å². The molecule has 0 radical (unpaired) electrons. The zero-order valence-corrected chi connectivity index (χ0v) is 26.7. The van der Waals surface area contributed by atoms with Crippen LogP contribution < -0.4 is 0 Å². The summed E-state index contributed by atoms with van der Waals surface area (Å²) in [6.07, 6.45) is 14.0. The van der Waals surface area contributed by atoms with Crippen LogP contribution in [0.5, 0.6) is 0 Å². The molecular formula is C32H46O13. The number of carbonyl (C=O) groups is 6. The molecule has 1 saturated heterocycles. The van der Waals surface area contributed by atoms with E-state index in [-0.39, 0.29) is 6.42 Å². The van der Waals surface area contributed by atoms with Crippen LogP contribution in [0.15, 0.2) is 36.5 Å². The first-order valence-corrected chi connectivity index (χ1v) is 14.9. The van der Waals surface area contributed by atoms with E-state index in [1.807, 2.05) is 12.2 Å². The number of rotatable bonds is 20. The summed E-state index contributed by atoms with van der Waals surface area (Å²) in [6.45, 7) is 2.17. The first-order chi connectivity index (χ1) is 21.5. The van der Waals surface area contributed by atoms with E-state index in [0.29, 0.717) is 6.42 Å². The molecule has 0 amide bonds. The standard InChI is InChI=1S/C32H46O13/c1-6-7-8-9-10-11-12-13-14-15-16-17-18-22-19-24(29(36)44-22)32(39,31(38)43-5)21-26(34)45-27(30(37)42-4)23(28(35)41-3)20-25(33)40-2/h10-11,13-14,17-18,22-24,27,39H,6-9,12,15-16,19-21H2,1-5H3/b11-10-,14-13-,18-17+/t22-,23-,24-,27+,32+/m0/s1. The van der Waals surface area contributed by atoms with Gasteiger partial charge in [-0.15, -0.1) is 0 Å². The van der Waals surface area contributed by atoms with Crippen LogP contribution in [0.2, 0.25) is 0 Å². The maximum atomic E-state index is 13.0. The van der Waals surface area contributed by atoms with Gasteiger partial charge in [-0.05, 0) is 38.2 Å². The van der Waals surface area contributed by atoms with Crippen molar-refractivity contribution in [1.29, 1.82) is 0 Å². The highest BCUT2D eigenvalue weighted by Crippen LogP contribution is 2.35. The number of carbonyl (C=O) groups excluding carboxylic acids is 6. The minimum atomic E-state index is -2.73. The van der Waals surface area contributed by atoms with E-state index >= 15 is 0 Å². The maximum Gasteiger partial charge on any atom is 0.348 e. The lowest BCUT2D eigenvalue weighted by molar-refractivity contribution is -0.187. The van der Waals surface area contributed by atoms with E-state index in [9.17, 15) is 33.9 Å². The molecule has 0 aliphatic carbocycles. The first kappa shape index (κ1) is 39.0. The van der Waals surface area contributed by atoms with Gasteiger partial charge in [0.05, 0.1) is 41.3 Å². The summed E-state index contributed by atoms with van der Waals surface area (Å²) in [5.41, 5.74) is -2.73. The Morgan fingerprint density at radius 3 is 2.11 bits per heavy atom. The van der Waals surface area contributed by atoms with Crippen LogP contribution in [0.1, 0.15) is 71.1 Å². The summed E-state index contributed by atoms with van der Waals surface area (Å²) in [5, 5.41) is 11.3. The van der Waals surface area contributed by atoms with Crippen molar-refractivity contribution in [2.45, 2.75) is 88.9 Å². The van der Waals surface area contributed by atoms with Gasteiger partial charge in [0.15, 0.2) is 5.60 Å². The lowest BCUT2D eigenvalue weighted by Gasteiger charge is -2.29. The summed E-state index contributed by atoms with van der Waals surface area (Å²) in [7, 11) is 3.93. The van der Waals surface area contributed by atoms with Gasteiger partial charge in [-0.25, -0.2) is 9.59 Å². The van der Waals surface area contributed by atoms with Gasteiger partial charge in [-0.2, -0.15) is 0 Å². The second kappa shape index (κ2) is 20.9. The fraction of sp³-hybridized carbons (Fsp3) is 0.625. The van der Waals surface area contributed by atoms with Gasteiger partial charge in [0, 0.05) is 6.42 Å². The number of hydrogen-bond donors (Lipinski definition) is 1. The summed E-state index contributed by atoms with van der Waals surface area (Å²) in [4.78, 5) is 75.0. The maximum absolute atomic E-state index is 13.0. The van der Waals surface area contributed by atoms with Crippen molar-refractivity contribution >= 4 is 35.8 Å². The van der Waals surface area contributed by atoms with Crippen molar-refractivity contribution in [3.8, 4) is 0 Å². The summed E-state index contributed by atoms with van der Waals surface area (Å²) >= 11 is 0. The smallest absolute Gasteiger partial charge is 0.348 e. The summed E-state index contributed by atoms with van der Waals surface area (Å²) in [5.74, 6) is -10.0. The lowest BCUT2D eigenvalue weighted by atomic mass is 9.82. The Kier molecular flexibility index (Phi) is 18.1. The highest BCUT2D eigenvalue weighted by atomic mass is 16.6. The Labute approximate surface area is 263 Å². The number of allylic oxidation sites excluding steroid dienone is 5. The van der Waals surface area contributed by atoms with Gasteiger partial charge in [-0.3, -0.25) is 19.2 Å². The van der Waals surface area contributed by atoms with Gasteiger partial charge >= 0.3 is 35.8 Å². The third kappa shape index (κ3) is 12.9. The monoisotopic (exact) mass is 638 g/mol. The Bertz CT molecular complexity index is 1090. The molecule has 0 unspecified atom stereocenters. The van der Waals surface area contributed by atoms with Crippen LogP contribution in [0.3, 0.4) is 0 Å². The minimum absolute atomic E-state index is 0.152. The highest BCUT2D eigenvalue weighted by Gasteiger charge is 2.55. The summed E-state index contributed by atoms with van der Waals surface area (Å²) in [6, 6.07) is 0. The van der Waals surface area contributed by atoms with E-state index < -0.39 is 78.3 Å². The number of hydrogen-bond acceptors (Lipinski definition) is 13. The van der Waals surface area contributed by atoms with Gasteiger partial charge < -0.3 is 33.5 Å². The van der Waals surface area contributed by atoms with E-state index in [0.717, 1.165) is 47.7 Å².